The zero-order valence-corrected chi connectivity index (χ0v) is 15.8. The Hall–Kier alpha value is -2.51. The summed E-state index contributed by atoms with van der Waals surface area (Å²) >= 11 is 7.11. The molecule has 1 atom stereocenters. The van der Waals surface area contributed by atoms with E-state index in [1.54, 1.807) is 30.3 Å². The number of nitrogens with one attached hydrogen (secondary N) is 2. The maximum Gasteiger partial charge on any atom is 0.307 e. The lowest BCUT2D eigenvalue weighted by Crippen LogP contribution is -2.33. The third-order valence-electron chi connectivity index (χ3n) is 3.83. The molecule has 1 aliphatic rings. The smallest absolute Gasteiger partial charge is 0.307 e. The van der Waals surface area contributed by atoms with Crippen molar-refractivity contribution in [1.82, 2.24) is 5.32 Å². The number of carbonyl (C=O) groups excluding carboxylic acids is 3. The Morgan fingerprint density at radius 2 is 1.89 bits per heavy atom. The number of carbonyl (C=O) groups is 3. The van der Waals surface area contributed by atoms with Crippen LogP contribution in [0.5, 0.6) is 0 Å². The van der Waals surface area contributed by atoms with E-state index < -0.39 is 17.1 Å². The number of hydrogen-bond acceptors (Lipinski definition) is 5. The second kappa shape index (κ2) is 8.92. The number of benzene rings is 2. The molecule has 2 aromatic rings. The molecule has 3 rings (SSSR count). The van der Waals surface area contributed by atoms with Gasteiger partial charge in [-0.05, 0) is 29.8 Å². The molecule has 2 amide bonds. The molecular weight excluding hydrogens is 388 g/mol. The predicted molar refractivity (Wildman–Crippen MR) is 104 cm³/mol. The van der Waals surface area contributed by atoms with E-state index in [1.807, 2.05) is 18.2 Å². The van der Waals surface area contributed by atoms with Crippen molar-refractivity contribution in [3.63, 3.8) is 0 Å². The van der Waals surface area contributed by atoms with Crippen LogP contribution in [0.1, 0.15) is 12.0 Å². The number of hydrogen-bond donors (Lipinski definition) is 2. The third-order valence-corrected chi connectivity index (χ3v) is 5.35. The summed E-state index contributed by atoms with van der Waals surface area (Å²) in [6, 6.07) is 14.4. The minimum absolute atomic E-state index is 0.102. The molecule has 0 unspecified atom stereocenters. The second-order valence-corrected chi connectivity index (χ2v) is 7.54. The second-order valence-electron chi connectivity index (χ2n) is 5.86. The number of esters is 1. The number of rotatable bonds is 6. The molecule has 0 aliphatic carbocycles. The predicted octanol–water partition coefficient (Wildman–Crippen LogP) is 3.00. The van der Waals surface area contributed by atoms with Crippen molar-refractivity contribution in [2.45, 2.75) is 23.1 Å². The maximum absolute atomic E-state index is 12.1. The van der Waals surface area contributed by atoms with Gasteiger partial charge in [0.15, 0.2) is 6.61 Å². The van der Waals surface area contributed by atoms with Crippen LogP contribution in [0.25, 0.3) is 0 Å². The highest BCUT2D eigenvalue weighted by molar-refractivity contribution is 8.01. The van der Waals surface area contributed by atoms with Crippen molar-refractivity contribution in [1.29, 1.82) is 0 Å². The summed E-state index contributed by atoms with van der Waals surface area (Å²) in [5, 5.41) is 5.46. The number of anilines is 1. The van der Waals surface area contributed by atoms with Crippen LogP contribution in [0, 0.1) is 0 Å². The number of fused-ring (bicyclic) bond motifs is 1. The molecule has 140 valence electrons. The minimum Gasteiger partial charge on any atom is -0.456 e. The van der Waals surface area contributed by atoms with Crippen LogP contribution in [0.15, 0.2) is 53.4 Å². The standard InChI is InChI=1S/C19H17ClN2O4S/c20-13-7-5-12(6-8-13)10-21-17(23)11-26-18(24)9-16-19(25)22-14-3-1-2-4-15(14)27-16/h1-8,16H,9-11H2,(H,21,23)(H,22,25)/t16-/m0/s1. The van der Waals surface area contributed by atoms with E-state index in [0.29, 0.717) is 11.6 Å². The summed E-state index contributed by atoms with van der Waals surface area (Å²) in [6.07, 6.45) is -0.102. The van der Waals surface area contributed by atoms with Crippen molar-refractivity contribution in [2.75, 3.05) is 11.9 Å². The van der Waals surface area contributed by atoms with Crippen LogP contribution in [0.2, 0.25) is 5.02 Å². The highest BCUT2D eigenvalue weighted by atomic mass is 35.5. The lowest BCUT2D eigenvalue weighted by molar-refractivity contribution is -0.149. The van der Waals surface area contributed by atoms with Gasteiger partial charge < -0.3 is 15.4 Å². The van der Waals surface area contributed by atoms with Crippen LogP contribution >= 0.6 is 23.4 Å². The Labute approximate surface area is 165 Å². The van der Waals surface area contributed by atoms with E-state index in [9.17, 15) is 14.4 Å². The van der Waals surface area contributed by atoms with E-state index in [4.69, 9.17) is 16.3 Å². The lowest BCUT2D eigenvalue weighted by atomic mass is 10.2. The van der Waals surface area contributed by atoms with E-state index in [0.717, 1.165) is 16.1 Å². The van der Waals surface area contributed by atoms with E-state index in [1.165, 1.54) is 11.8 Å². The van der Waals surface area contributed by atoms with E-state index in [2.05, 4.69) is 10.6 Å². The van der Waals surface area contributed by atoms with Gasteiger partial charge in [-0.1, -0.05) is 35.9 Å². The van der Waals surface area contributed by atoms with Crippen LogP contribution in [0.3, 0.4) is 0 Å². The first-order valence-electron chi connectivity index (χ1n) is 8.24. The van der Waals surface area contributed by atoms with Gasteiger partial charge >= 0.3 is 5.97 Å². The van der Waals surface area contributed by atoms with Gasteiger partial charge in [0.2, 0.25) is 5.91 Å². The highest BCUT2D eigenvalue weighted by Gasteiger charge is 2.29. The van der Waals surface area contributed by atoms with Crippen molar-refractivity contribution in [2.24, 2.45) is 0 Å². The fraction of sp³-hybridized carbons (Fsp3) is 0.211. The van der Waals surface area contributed by atoms with Gasteiger partial charge in [-0.2, -0.15) is 0 Å². The first-order valence-corrected chi connectivity index (χ1v) is 9.50. The average Bonchev–Trinajstić information content (AvgIpc) is 2.66. The molecule has 0 spiro atoms. The number of ether oxygens (including phenoxy) is 1. The van der Waals surface area contributed by atoms with Gasteiger partial charge in [0, 0.05) is 16.5 Å². The van der Waals surface area contributed by atoms with Gasteiger partial charge in [0.05, 0.1) is 17.4 Å². The lowest BCUT2D eigenvalue weighted by Gasteiger charge is -2.23. The molecule has 0 saturated carbocycles. The minimum atomic E-state index is -0.594. The Morgan fingerprint density at radius 1 is 1.15 bits per heavy atom. The van der Waals surface area contributed by atoms with Crippen molar-refractivity contribution in [3.8, 4) is 0 Å². The highest BCUT2D eigenvalue weighted by Crippen LogP contribution is 2.36. The van der Waals surface area contributed by atoms with Crippen LogP contribution in [-0.4, -0.2) is 29.6 Å². The zero-order chi connectivity index (χ0) is 19.2. The van der Waals surface area contributed by atoms with Gasteiger partial charge in [0.25, 0.3) is 5.91 Å². The number of halogens is 1. The average molecular weight is 405 g/mol. The molecule has 1 aliphatic heterocycles. The van der Waals surface area contributed by atoms with Gasteiger partial charge in [-0.25, -0.2) is 0 Å². The zero-order valence-electron chi connectivity index (χ0n) is 14.2. The Balaban J connectivity index is 1.42. The molecule has 0 fully saturated rings. The van der Waals surface area contributed by atoms with Gasteiger partial charge in [0.1, 0.15) is 0 Å². The molecule has 2 aromatic carbocycles. The monoisotopic (exact) mass is 404 g/mol. The summed E-state index contributed by atoms with van der Waals surface area (Å²) in [6.45, 7) is -0.0762. The van der Waals surface area contributed by atoms with E-state index >= 15 is 0 Å². The first kappa shape index (κ1) is 19.3. The molecule has 8 heteroatoms. The fourth-order valence-electron chi connectivity index (χ4n) is 2.44. The number of thioether (sulfide) groups is 1. The molecule has 6 nitrogen and oxygen atoms in total. The van der Waals surface area contributed by atoms with Crippen molar-refractivity contribution < 1.29 is 19.1 Å². The number of para-hydroxylation sites is 1. The van der Waals surface area contributed by atoms with Crippen molar-refractivity contribution >= 4 is 46.8 Å². The topological polar surface area (TPSA) is 84.5 Å². The maximum atomic E-state index is 12.1. The fourth-order valence-corrected chi connectivity index (χ4v) is 3.66. The first-order chi connectivity index (χ1) is 13.0. The molecule has 0 aromatic heterocycles. The molecule has 1 heterocycles. The quantitative estimate of drug-likeness (QED) is 0.723. The van der Waals surface area contributed by atoms with Crippen molar-refractivity contribution in [3.05, 3.63) is 59.1 Å². The Bertz CT molecular complexity index is 857. The molecule has 0 saturated heterocycles. The summed E-state index contributed by atoms with van der Waals surface area (Å²) < 4.78 is 4.98. The molecular formula is C19H17ClN2O4S. The summed E-state index contributed by atoms with van der Waals surface area (Å²) in [5.74, 6) is -1.25. The van der Waals surface area contributed by atoms with Gasteiger partial charge in [-0.15, -0.1) is 11.8 Å². The normalized spacial score (nSPS) is 15.4. The van der Waals surface area contributed by atoms with Crippen LogP contribution < -0.4 is 10.6 Å². The van der Waals surface area contributed by atoms with Crippen LogP contribution in [0.4, 0.5) is 5.69 Å². The third kappa shape index (κ3) is 5.48. The summed E-state index contributed by atoms with van der Waals surface area (Å²) in [4.78, 5) is 36.8. The molecule has 0 bridgehead atoms. The summed E-state index contributed by atoms with van der Waals surface area (Å²) in [7, 11) is 0. The molecule has 27 heavy (non-hydrogen) atoms. The number of amides is 2. The van der Waals surface area contributed by atoms with E-state index in [-0.39, 0.29) is 18.9 Å². The molecule has 2 N–H and O–H groups in total. The Kier molecular flexibility index (Phi) is 6.36. The van der Waals surface area contributed by atoms with Crippen LogP contribution in [-0.2, 0) is 25.7 Å². The largest absolute Gasteiger partial charge is 0.456 e. The SMILES string of the molecule is O=C(COC(=O)C[C@@H]1Sc2ccccc2NC1=O)NCc1ccc(Cl)cc1. The Morgan fingerprint density at radius 3 is 2.67 bits per heavy atom. The summed E-state index contributed by atoms with van der Waals surface area (Å²) in [5.41, 5.74) is 1.62. The van der Waals surface area contributed by atoms with Gasteiger partial charge in [-0.3, -0.25) is 14.4 Å². The molecule has 0 radical (unpaired) electrons.